The van der Waals surface area contributed by atoms with Gasteiger partial charge in [0.1, 0.15) is 12.3 Å². The molecule has 1 aliphatic heterocycles. The van der Waals surface area contributed by atoms with Crippen molar-refractivity contribution in [3.63, 3.8) is 0 Å². The van der Waals surface area contributed by atoms with Gasteiger partial charge in [0.05, 0.1) is 25.5 Å². The van der Waals surface area contributed by atoms with Gasteiger partial charge in [-0.15, -0.1) is 0 Å². The Morgan fingerprint density at radius 2 is 1.86 bits per heavy atom. The quantitative estimate of drug-likeness (QED) is 0.475. The Labute approximate surface area is 205 Å². The molecule has 0 unspecified atom stereocenters. The molecule has 35 heavy (non-hydrogen) atoms. The molecule has 0 radical (unpaired) electrons. The maximum atomic E-state index is 13.9. The fourth-order valence-electron chi connectivity index (χ4n) is 3.91. The van der Waals surface area contributed by atoms with Gasteiger partial charge in [0.15, 0.2) is 8.32 Å². The average molecular weight is 501 g/mol. The van der Waals surface area contributed by atoms with Crippen molar-refractivity contribution in [2.24, 2.45) is 0 Å². The smallest absolute Gasteiger partial charge is 0.330 e. The van der Waals surface area contributed by atoms with Crippen LogP contribution >= 0.6 is 0 Å². The molecule has 1 aromatic heterocycles. The predicted octanol–water partition coefficient (Wildman–Crippen LogP) is 4.72. The lowest BCUT2D eigenvalue weighted by atomic mass is 10.1. The summed E-state index contributed by atoms with van der Waals surface area (Å²) in [6.07, 6.45) is -0.383. The van der Waals surface area contributed by atoms with Crippen LogP contribution in [-0.2, 0) is 20.5 Å². The van der Waals surface area contributed by atoms with E-state index in [1.165, 1.54) is 0 Å². The van der Waals surface area contributed by atoms with Gasteiger partial charge < -0.3 is 13.9 Å². The maximum Gasteiger partial charge on any atom is 0.330 e. The van der Waals surface area contributed by atoms with E-state index in [1.807, 2.05) is 23.2 Å². The zero-order chi connectivity index (χ0) is 25.4. The van der Waals surface area contributed by atoms with Crippen LogP contribution < -0.4 is 11.2 Å². The van der Waals surface area contributed by atoms with Gasteiger partial charge >= 0.3 is 5.69 Å². The number of aromatic nitrogens is 2. The first kappa shape index (κ1) is 25.5. The third-order valence-electron chi connectivity index (χ3n) is 7.11. The summed E-state index contributed by atoms with van der Waals surface area (Å²) in [5, 5.41) is 2.30. The minimum absolute atomic E-state index is 0.0193. The van der Waals surface area contributed by atoms with Gasteiger partial charge in [-0.3, -0.25) is 14.3 Å². The van der Waals surface area contributed by atoms with E-state index in [1.54, 1.807) is 0 Å². The summed E-state index contributed by atoms with van der Waals surface area (Å²) < 4.78 is 33.8. The van der Waals surface area contributed by atoms with Crippen LogP contribution in [0.1, 0.15) is 39.0 Å². The van der Waals surface area contributed by atoms with E-state index in [0.717, 1.165) is 27.1 Å². The number of H-pyrrole nitrogens is 1. The van der Waals surface area contributed by atoms with E-state index in [9.17, 15) is 14.0 Å². The van der Waals surface area contributed by atoms with Gasteiger partial charge in [0.25, 0.3) is 5.56 Å². The third-order valence-corrected chi connectivity index (χ3v) is 11.6. The SMILES string of the molecule is CC(C)(C)[Si](C)(C)OC[C@H]1O[C@@H](n2cc(F)c(=O)[nH]c2=O)C[C@@H]1OCc1ccc2ccccc2c1. The monoisotopic (exact) mass is 500 g/mol. The highest BCUT2D eigenvalue weighted by molar-refractivity contribution is 6.74. The standard InChI is InChI=1S/C26H33FN2O5Si/c1-26(2,3)35(4,5)33-16-22-21(13-23(34-22)29-14-20(27)24(30)28-25(29)31)32-15-17-10-11-18-8-6-7-9-19(18)12-17/h6-12,14,21-23H,13,15-16H2,1-5H3,(H,28,30,31)/t21-,22+,23+/m0/s1. The fourth-order valence-corrected chi connectivity index (χ4v) is 4.92. The molecule has 2 aromatic carbocycles. The molecule has 0 aliphatic carbocycles. The lowest BCUT2D eigenvalue weighted by Crippen LogP contribution is -2.44. The normalized spacial score (nSPS) is 21.0. The first-order valence-corrected chi connectivity index (χ1v) is 14.7. The molecule has 4 rings (SSSR count). The van der Waals surface area contributed by atoms with Crippen LogP contribution in [-0.4, -0.2) is 36.7 Å². The molecule has 1 fully saturated rings. The number of nitrogens with one attached hydrogen (secondary N) is 1. The lowest BCUT2D eigenvalue weighted by molar-refractivity contribution is -0.0635. The Hall–Kier alpha value is -2.59. The second kappa shape index (κ2) is 9.81. The number of halogens is 1. The van der Waals surface area contributed by atoms with Gasteiger partial charge in [-0.1, -0.05) is 57.2 Å². The molecule has 9 heteroatoms. The zero-order valence-corrected chi connectivity index (χ0v) is 21.8. The van der Waals surface area contributed by atoms with E-state index >= 15 is 0 Å². The highest BCUT2D eigenvalue weighted by atomic mass is 28.4. The van der Waals surface area contributed by atoms with E-state index in [0.29, 0.717) is 19.6 Å². The molecule has 0 bridgehead atoms. The lowest BCUT2D eigenvalue weighted by Gasteiger charge is -2.37. The van der Waals surface area contributed by atoms with Crippen LogP contribution in [0.4, 0.5) is 4.39 Å². The summed E-state index contributed by atoms with van der Waals surface area (Å²) in [4.78, 5) is 25.8. The topological polar surface area (TPSA) is 82.5 Å². The molecule has 0 saturated carbocycles. The van der Waals surface area contributed by atoms with E-state index in [2.05, 4.69) is 58.1 Å². The second-order valence-corrected chi connectivity index (χ2v) is 15.4. The van der Waals surface area contributed by atoms with E-state index in [-0.39, 0.29) is 11.1 Å². The molecule has 0 spiro atoms. The number of hydrogen-bond acceptors (Lipinski definition) is 5. The van der Waals surface area contributed by atoms with E-state index < -0.39 is 37.7 Å². The van der Waals surface area contributed by atoms with Crippen LogP contribution in [0.25, 0.3) is 10.8 Å². The average Bonchev–Trinajstić information content (AvgIpc) is 3.20. The fraction of sp³-hybridized carbons (Fsp3) is 0.462. The minimum Gasteiger partial charge on any atom is -0.414 e. The van der Waals surface area contributed by atoms with Crippen LogP contribution in [0.5, 0.6) is 0 Å². The molecule has 3 atom stereocenters. The molecule has 1 aliphatic rings. The van der Waals surface area contributed by atoms with Gasteiger partial charge in [-0.25, -0.2) is 4.79 Å². The van der Waals surface area contributed by atoms with Crippen molar-refractivity contribution in [2.75, 3.05) is 6.61 Å². The van der Waals surface area contributed by atoms with Crippen molar-refractivity contribution in [1.29, 1.82) is 0 Å². The Morgan fingerprint density at radius 1 is 1.14 bits per heavy atom. The molecule has 1 N–H and O–H groups in total. The molecule has 0 amide bonds. The zero-order valence-electron chi connectivity index (χ0n) is 20.8. The molecular formula is C26H33FN2O5Si. The Morgan fingerprint density at radius 3 is 2.57 bits per heavy atom. The summed E-state index contributed by atoms with van der Waals surface area (Å²) in [6.45, 7) is 11.5. The summed E-state index contributed by atoms with van der Waals surface area (Å²) in [5.41, 5.74) is -0.754. The summed E-state index contributed by atoms with van der Waals surface area (Å²) in [5.74, 6) is -1.04. The molecule has 1 saturated heterocycles. The molecular weight excluding hydrogens is 467 g/mol. The van der Waals surface area contributed by atoms with Crippen LogP contribution in [0.15, 0.2) is 58.3 Å². The summed E-state index contributed by atoms with van der Waals surface area (Å²) in [6, 6.07) is 14.3. The van der Waals surface area contributed by atoms with Crippen molar-refractivity contribution in [1.82, 2.24) is 9.55 Å². The van der Waals surface area contributed by atoms with Crippen LogP contribution in [0.3, 0.4) is 0 Å². The van der Waals surface area contributed by atoms with Crippen LogP contribution in [0, 0.1) is 5.82 Å². The minimum atomic E-state index is -2.06. The van der Waals surface area contributed by atoms with Crippen LogP contribution in [0.2, 0.25) is 18.1 Å². The molecule has 7 nitrogen and oxygen atoms in total. The molecule has 3 aromatic rings. The number of benzene rings is 2. The van der Waals surface area contributed by atoms with Crippen molar-refractivity contribution in [3.8, 4) is 0 Å². The Bertz CT molecular complexity index is 1310. The van der Waals surface area contributed by atoms with Crippen molar-refractivity contribution < 1.29 is 18.3 Å². The third kappa shape index (κ3) is 5.64. The summed E-state index contributed by atoms with van der Waals surface area (Å²) >= 11 is 0. The largest absolute Gasteiger partial charge is 0.414 e. The van der Waals surface area contributed by atoms with Crippen molar-refractivity contribution in [3.05, 3.63) is 80.9 Å². The first-order valence-electron chi connectivity index (χ1n) is 11.8. The van der Waals surface area contributed by atoms with Gasteiger partial charge in [-0.2, -0.15) is 4.39 Å². The highest BCUT2D eigenvalue weighted by Gasteiger charge is 2.42. The number of rotatable bonds is 7. The van der Waals surface area contributed by atoms with E-state index in [4.69, 9.17) is 13.9 Å². The highest BCUT2D eigenvalue weighted by Crippen LogP contribution is 2.38. The molecule has 188 valence electrons. The van der Waals surface area contributed by atoms with Gasteiger partial charge in [0, 0.05) is 6.42 Å². The number of fused-ring (bicyclic) bond motifs is 1. The maximum absolute atomic E-state index is 13.9. The summed E-state index contributed by atoms with van der Waals surface area (Å²) in [7, 11) is -2.06. The van der Waals surface area contributed by atoms with Gasteiger partial charge in [0.2, 0.25) is 5.82 Å². The van der Waals surface area contributed by atoms with Crippen molar-refractivity contribution >= 4 is 19.1 Å². The Kier molecular flexibility index (Phi) is 7.15. The van der Waals surface area contributed by atoms with Crippen molar-refractivity contribution in [2.45, 2.75) is 70.4 Å². The molecule has 2 heterocycles. The Balaban J connectivity index is 1.54. The number of ether oxygens (including phenoxy) is 2. The van der Waals surface area contributed by atoms with Gasteiger partial charge in [-0.05, 0) is 40.5 Å². The number of hydrogen-bond donors (Lipinski definition) is 1. The number of aromatic amines is 1. The number of nitrogens with zero attached hydrogens (tertiary/aromatic N) is 1. The second-order valence-electron chi connectivity index (χ2n) is 10.6. The predicted molar refractivity (Wildman–Crippen MR) is 135 cm³/mol. The first-order chi connectivity index (χ1) is 16.4.